The highest BCUT2D eigenvalue weighted by Gasteiger charge is 2.19. The van der Waals surface area contributed by atoms with Crippen molar-refractivity contribution < 1.29 is 0 Å². The van der Waals surface area contributed by atoms with Crippen molar-refractivity contribution in [3.8, 4) is 0 Å². The fourth-order valence-electron chi connectivity index (χ4n) is 3.41. The van der Waals surface area contributed by atoms with Crippen LogP contribution in [0.25, 0.3) is 11.0 Å². The van der Waals surface area contributed by atoms with Crippen LogP contribution in [-0.4, -0.2) is 9.55 Å². The Morgan fingerprint density at radius 2 is 1.95 bits per heavy atom. The van der Waals surface area contributed by atoms with Crippen LogP contribution in [0.4, 0.5) is 0 Å². The molecule has 1 fully saturated rings. The number of alkyl halides is 1. The minimum atomic E-state index is 0.496. The van der Waals surface area contributed by atoms with E-state index in [4.69, 9.17) is 11.6 Å². The average molecular weight is 291 g/mol. The van der Waals surface area contributed by atoms with Crippen LogP contribution in [0.5, 0.6) is 0 Å². The molecule has 0 atom stereocenters. The summed E-state index contributed by atoms with van der Waals surface area (Å²) in [6.45, 7) is 3.44. The van der Waals surface area contributed by atoms with Crippen molar-refractivity contribution in [2.75, 3.05) is 0 Å². The normalized spacial score (nSPS) is 23.3. The van der Waals surface area contributed by atoms with Crippen molar-refractivity contribution in [2.24, 2.45) is 11.8 Å². The Kier molecular flexibility index (Phi) is 4.30. The van der Waals surface area contributed by atoms with E-state index in [1.165, 1.54) is 37.6 Å². The van der Waals surface area contributed by atoms with Crippen molar-refractivity contribution in [1.29, 1.82) is 0 Å². The lowest BCUT2D eigenvalue weighted by Crippen LogP contribution is -2.15. The number of aromatic nitrogens is 2. The summed E-state index contributed by atoms with van der Waals surface area (Å²) < 4.78 is 2.32. The first kappa shape index (κ1) is 13.9. The molecule has 2 aromatic rings. The molecule has 0 N–H and O–H groups in total. The first-order valence-electron chi connectivity index (χ1n) is 7.78. The van der Waals surface area contributed by atoms with Gasteiger partial charge in [0.15, 0.2) is 0 Å². The lowest BCUT2D eigenvalue weighted by atomic mass is 9.81. The minimum absolute atomic E-state index is 0.496. The van der Waals surface area contributed by atoms with E-state index in [1.54, 1.807) is 0 Å². The Morgan fingerprint density at radius 1 is 1.20 bits per heavy atom. The molecule has 108 valence electrons. The van der Waals surface area contributed by atoms with Crippen molar-refractivity contribution in [1.82, 2.24) is 9.55 Å². The predicted molar refractivity (Wildman–Crippen MR) is 85.0 cm³/mol. The van der Waals surface area contributed by atoms with Gasteiger partial charge in [0.2, 0.25) is 0 Å². The Bertz CT molecular complexity index is 567. The molecular formula is C17H23ClN2. The maximum absolute atomic E-state index is 6.06. The number of para-hydroxylation sites is 2. The Morgan fingerprint density at radius 3 is 2.70 bits per heavy atom. The molecule has 0 saturated heterocycles. The van der Waals surface area contributed by atoms with Gasteiger partial charge in [0, 0.05) is 6.54 Å². The first-order chi connectivity index (χ1) is 9.78. The van der Waals surface area contributed by atoms with Crippen LogP contribution in [0, 0.1) is 11.8 Å². The molecule has 1 heterocycles. The standard InChI is InChI=1S/C17H23ClN2/c1-13-6-8-14(9-7-13)10-11-20-16-5-3-2-4-15(16)19-17(20)12-18/h2-5,13-14H,6-12H2,1H3. The maximum Gasteiger partial charge on any atom is 0.124 e. The molecule has 1 aliphatic rings. The van der Waals surface area contributed by atoms with E-state index >= 15 is 0 Å². The molecule has 0 amide bonds. The summed E-state index contributed by atoms with van der Waals surface area (Å²) in [5.41, 5.74) is 2.30. The quantitative estimate of drug-likeness (QED) is 0.725. The van der Waals surface area contributed by atoms with E-state index in [9.17, 15) is 0 Å². The van der Waals surface area contributed by atoms with Gasteiger partial charge in [-0.1, -0.05) is 44.7 Å². The monoisotopic (exact) mass is 290 g/mol. The zero-order valence-electron chi connectivity index (χ0n) is 12.2. The summed E-state index contributed by atoms with van der Waals surface area (Å²) in [5.74, 6) is 3.32. The zero-order chi connectivity index (χ0) is 13.9. The Balaban J connectivity index is 1.73. The average Bonchev–Trinajstić information content (AvgIpc) is 2.84. The van der Waals surface area contributed by atoms with Gasteiger partial charge >= 0.3 is 0 Å². The lowest BCUT2D eigenvalue weighted by molar-refractivity contribution is 0.269. The molecule has 3 rings (SSSR count). The van der Waals surface area contributed by atoms with E-state index in [1.807, 2.05) is 6.07 Å². The molecule has 0 spiro atoms. The molecule has 3 heteroatoms. The number of hydrogen-bond donors (Lipinski definition) is 0. The summed E-state index contributed by atoms with van der Waals surface area (Å²) in [6, 6.07) is 8.35. The molecule has 0 aliphatic heterocycles. The number of rotatable bonds is 4. The number of halogens is 1. The van der Waals surface area contributed by atoms with E-state index < -0.39 is 0 Å². The minimum Gasteiger partial charge on any atom is -0.327 e. The maximum atomic E-state index is 6.06. The summed E-state index contributed by atoms with van der Waals surface area (Å²) in [6.07, 6.45) is 6.85. The van der Waals surface area contributed by atoms with Crippen LogP contribution in [0.15, 0.2) is 24.3 Å². The van der Waals surface area contributed by atoms with Crippen LogP contribution in [0.3, 0.4) is 0 Å². The molecule has 0 bridgehead atoms. The number of hydrogen-bond acceptors (Lipinski definition) is 1. The molecular weight excluding hydrogens is 268 g/mol. The van der Waals surface area contributed by atoms with E-state index in [0.29, 0.717) is 5.88 Å². The highest BCUT2D eigenvalue weighted by atomic mass is 35.5. The van der Waals surface area contributed by atoms with Crippen molar-refractivity contribution in [3.05, 3.63) is 30.1 Å². The molecule has 2 nitrogen and oxygen atoms in total. The lowest BCUT2D eigenvalue weighted by Gasteiger charge is -2.26. The molecule has 20 heavy (non-hydrogen) atoms. The molecule has 0 radical (unpaired) electrons. The van der Waals surface area contributed by atoms with Crippen LogP contribution >= 0.6 is 11.6 Å². The Labute approximate surface area is 126 Å². The van der Waals surface area contributed by atoms with Crippen LogP contribution < -0.4 is 0 Å². The summed E-state index contributed by atoms with van der Waals surface area (Å²) >= 11 is 6.06. The summed E-state index contributed by atoms with van der Waals surface area (Å²) in [5, 5.41) is 0. The highest BCUT2D eigenvalue weighted by Crippen LogP contribution is 2.31. The van der Waals surface area contributed by atoms with Crippen LogP contribution in [0.1, 0.15) is 44.9 Å². The second kappa shape index (κ2) is 6.17. The summed E-state index contributed by atoms with van der Waals surface area (Å²) in [4.78, 5) is 4.64. The van der Waals surface area contributed by atoms with Gasteiger partial charge in [-0.3, -0.25) is 0 Å². The van der Waals surface area contributed by atoms with Gasteiger partial charge in [-0.15, -0.1) is 11.6 Å². The van der Waals surface area contributed by atoms with Gasteiger partial charge in [0.25, 0.3) is 0 Å². The fourth-order valence-corrected chi connectivity index (χ4v) is 3.61. The third kappa shape index (κ3) is 2.85. The largest absolute Gasteiger partial charge is 0.327 e. The molecule has 1 aromatic heterocycles. The van der Waals surface area contributed by atoms with Crippen LogP contribution in [-0.2, 0) is 12.4 Å². The predicted octanol–water partition coefficient (Wildman–Crippen LogP) is 4.99. The topological polar surface area (TPSA) is 17.8 Å². The number of benzene rings is 1. The zero-order valence-corrected chi connectivity index (χ0v) is 12.9. The third-order valence-electron chi connectivity index (χ3n) is 4.75. The van der Waals surface area contributed by atoms with Crippen molar-refractivity contribution >= 4 is 22.6 Å². The molecule has 1 aliphatic carbocycles. The Hall–Kier alpha value is -1.02. The second-order valence-corrected chi connectivity index (χ2v) is 6.48. The van der Waals surface area contributed by atoms with Crippen molar-refractivity contribution in [2.45, 2.75) is 51.5 Å². The van der Waals surface area contributed by atoms with Crippen molar-refractivity contribution in [3.63, 3.8) is 0 Å². The van der Waals surface area contributed by atoms with Gasteiger partial charge in [-0.05, 0) is 30.4 Å². The van der Waals surface area contributed by atoms with Gasteiger partial charge in [0.05, 0.1) is 16.9 Å². The number of fused-ring (bicyclic) bond motifs is 1. The van der Waals surface area contributed by atoms with Gasteiger partial charge in [-0.2, -0.15) is 0 Å². The number of aryl methyl sites for hydroxylation is 1. The van der Waals surface area contributed by atoms with Gasteiger partial charge in [-0.25, -0.2) is 4.98 Å². The smallest absolute Gasteiger partial charge is 0.124 e. The second-order valence-electron chi connectivity index (χ2n) is 6.22. The molecule has 1 aromatic carbocycles. The number of nitrogens with zero attached hydrogens (tertiary/aromatic N) is 2. The van der Waals surface area contributed by atoms with E-state index in [-0.39, 0.29) is 0 Å². The van der Waals surface area contributed by atoms with Gasteiger partial charge < -0.3 is 4.57 Å². The fraction of sp³-hybridized carbons (Fsp3) is 0.588. The SMILES string of the molecule is CC1CCC(CCn2c(CCl)nc3ccccc32)CC1. The third-order valence-corrected chi connectivity index (χ3v) is 4.99. The molecule has 1 saturated carbocycles. The number of imidazole rings is 1. The van der Waals surface area contributed by atoms with E-state index in [0.717, 1.165) is 29.7 Å². The summed E-state index contributed by atoms with van der Waals surface area (Å²) in [7, 11) is 0. The van der Waals surface area contributed by atoms with E-state index in [2.05, 4.69) is 34.7 Å². The molecule has 0 unspecified atom stereocenters. The van der Waals surface area contributed by atoms with Gasteiger partial charge in [0.1, 0.15) is 5.82 Å². The van der Waals surface area contributed by atoms with Crippen LogP contribution in [0.2, 0.25) is 0 Å². The highest BCUT2D eigenvalue weighted by molar-refractivity contribution is 6.16. The first-order valence-corrected chi connectivity index (χ1v) is 8.31.